The zero-order valence-corrected chi connectivity index (χ0v) is 17.1. The summed E-state index contributed by atoms with van der Waals surface area (Å²) in [4.78, 5) is 0. The van der Waals surface area contributed by atoms with Crippen molar-refractivity contribution in [1.82, 2.24) is 5.01 Å². The van der Waals surface area contributed by atoms with Gasteiger partial charge in [0.2, 0.25) is 0 Å². The Morgan fingerprint density at radius 3 is 1.61 bits per heavy atom. The largest absolute Gasteiger partial charge is 0.249 e. The number of hydrogen-bond acceptors (Lipinski definition) is 2. The first-order valence-electron chi connectivity index (χ1n) is 10.7. The summed E-state index contributed by atoms with van der Waals surface area (Å²) < 4.78 is 0. The lowest BCUT2D eigenvalue weighted by molar-refractivity contribution is 0.232. The molecule has 1 atom stereocenters. The van der Waals surface area contributed by atoms with Gasteiger partial charge in [-0.15, -0.1) is 0 Å². The second kappa shape index (κ2) is 7.10. The van der Waals surface area contributed by atoms with Gasteiger partial charge in [0.15, 0.2) is 0 Å². The van der Waals surface area contributed by atoms with Gasteiger partial charge in [-0.3, -0.25) is 0 Å². The van der Waals surface area contributed by atoms with Crippen LogP contribution < -0.4 is 0 Å². The third-order valence-electron chi connectivity index (χ3n) is 6.34. The van der Waals surface area contributed by atoms with E-state index in [1.54, 1.807) is 0 Å². The summed E-state index contributed by atoms with van der Waals surface area (Å²) in [5.41, 5.74) is 8.30. The van der Waals surface area contributed by atoms with Gasteiger partial charge >= 0.3 is 0 Å². The molecule has 148 valence electrons. The highest BCUT2D eigenvalue weighted by molar-refractivity contribution is 6.11. The van der Waals surface area contributed by atoms with E-state index in [9.17, 15) is 0 Å². The molecule has 0 fully saturated rings. The van der Waals surface area contributed by atoms with Crippen molar-refractivity contribution < 1.29 is 0 Å². The number of hydrazone groups is 1. The number of hydrogen-bond donors (Lipinski definition) is 0. The van der Waals surface area contributed by atoms with E-state index in [4.69, 9.17) is 5.10 Å². The van der Waals surface area contributed by atoms with Crippen LogP contribution in [0.15, 0.2) is 126 Å². The molecule has 0 saturated heterocycles. The summed E-state index contributed by atoms with van der Waals surface area (Å²) in [5.74, 6) is 0. The number of benzene rings is 4. The first-order chi connectivity index (χ1) is 15.4. The zero-order chi connectivity index (χ0) is 20.7. The van der Waals surface area contributed by atoms with Gasteiger partial charge < -0.3 is 0 Å². The Bertz CT molecular complexity index is 1280. The molecule has 0 spiro atoms. The van der Waals surface area contributed by atoms with Crippen LogP contribution in [0.4, 0.5) is 0 Å². The Kier molecular flexibility index (Phi) is 4.10. The summed E-state index contributed by atoms with van der Waals surface area (Å²) in [6, 6.07) is 42.8. The van der Waals surface area contributed by atoms with E-state index in [-0.39, 0.29) is 5.54 Å². The van der Waals surface area contributed by atoms with Gasteiger partial charge in [0.05, 0.1) is 11.4 Å². The van der Waals surface area contributed by atoms with Crippen LogP contribution in [0.3, 0.4) is 0 Å². The molecule has 2 aliphatic heterocycles. The van der Waals surface area contributed by atoms with Gasteiger partial charge in [-0.1, -0.05) is 121 Å². The van der Waals surface area contributed by atoms with E-state index in [1.165, 1.54) is 33.5 Å². The quantitative estimate of drug-likeness (QED) is 0.379. The molecule has 0 saturated carbocycles. The Morgan fingerprint density at radius 1 is 0.548 bits per heavy atom. The van der Waals surface area contributed by atoms with Crippen LogP contribution in [0.5, 0.6) is 0 Å². The van der Waals surface area contributed by atoms with Gasteiger partial charge in [-0.25, -0.2) is 5.01 Å². The molecule has 0 aliphatic carbocycles. The molecule has 0 aromatic heterocycles. The lowest BCUT2D eigenvalue weighted by Gasteiger charge is -2.51. The predicted octanol–water partition coefficient (Wildman–Crippen LogP) is 6.57. The molecular formula is C29H22N2. The van der Waals surface area contributed by atoms with Crippen molar-refractivity contribution in [3.63, 3.8) is 0 Å². The first-order valence-corrected chi connectivity index (χ1v) is 10.7. The molecule has 0 bridgehead atoms. The number of rotatable bonds is 4. The fourth-order valence-electron chi connectivity index (χ4n) is 4.96. The van der Waals surface area contributed by atoms with E-state index in [2.05, 4.69) is 126 Å². The second-order valence-corrected chi connectivity index (χ2v) is 8.08. The molecule has 1 unspecified atom stereocenters. The fraction of sp³-hybridized carbons (Fsp3) is 0.0690. The molecule has 31 heavy (non-hydrogen) atoms. The van der Waals surface area contributed by atoms with Crippen LogP contribution in [-0.4, -0.2) is 10.7 Å². The zero-order valence-electron chi connectivity index (χ0n) is 17.1. The van der Waals surface area contributed by atoms with Gasteiger partial charge in [0, 0.05) is 17.6 Å². The van der Waals surface area contributed by atoms with Crippen molar-refractivity contribution in [3.8, 4) is 0 Å². The predicted molar refractivity (Wildman–Crippen MR) is 127 cm³/mol. The van der Waals surface area contributed by atoms with Crippen LogP contribution in [-0.2, 0) is 5.54 Å². The van der Waals surface area contributed by atoms with Crippen LogP contribution in [0.25, 0.3) is 11.3 Å². The highest BCUT2D eigenvalue weighted by Gasteiger charge is 2.58. The van der Waals surface area contributed by atoms with Crippen LogP contribution in [0.1, 0.15) is 28.7 Å². The Morgan fingerprint density at radius 2 is 1.03 bits per heavy atom. The average Bonchev–Trinajstić information content (AvgIpc) is 3.17. The molecule has 2 heteroatoms. The monoisotopic (exact) mass is 398 g/mol. The maximum atomic E-state index is 5.20. The third kappa shape index (κ3) is 2.69. The third-order valence-corrected chi connectivity index (χ3v) is 6.34. The lowest BCUT2D eigenvalue weighted by atomic mass is 9.68. The summed E-state index contributed by atoms with van der Waals surface area (Å²) in [7, 11) is 0. The highest BCUT2D eigenvalue weighted by Crippen LogP contribution is 2.61. The topological polar surface area (TPSA) is 15.6 Å². The first kappa shape index (κ1) is 17.9. The van der Waals surface area contributed by atoms with E-state index in [1.807, 2.05) is 0 Å². The fourth-order valence-corrected chi connectivity index (χ4v) is 4.96. The van der Waals surface area contributed by atoms with Gasteiger partial charge in [-0.05, 0) is 16.7 Å². The van der Waals surface area contributed by atoms with Crippen LogP contribution in [0, 0.1) is 0 Å². The molecule has 0 amide bonds. The van der Waals surface area contributed by atoms with Crippen LogP contribution in [0.2, 0.25) is 0 Å². The molecule has 0 radical (unpaired) electrons. The van der Waals surface area contributed by atoms with E-state index >= 15 is 0 Å². The second-order valence-electron chi connectivity index (χ2n) is 8.08. The number of nitrogens with zero attached hydrogens (tertiary/aromatic N) is 2. The molecule has 0 N–H and O–H groups in total. The molecular weight excluding hydrogens is 376 g/mol. The standard InChI is InChI=1S/C29H22N2/c1-5-13-22(14-6-1)26-21-29(25-19-11-4-12-20-25)27(23-15-7-2-8-16-23)28(31(29)30-26)24-17-9-3-10-18-24/h1-20H,21H2. The van der Waals surface area contributed by atoms with Crippen molar-refractivity contribution >= 4 is 17.0 Å². The molecule has 6 rings (SSSR count). The smallest absolute Gasteiger partial charge is 0.121 e. The molecule has 4 aromatic carbocycles. The van der Waals surface area contributed by atoms with Crippen molar-refractivity contribution in [3.05, 3.63) is 144 Å². The normalized spacial score (nSPS) is 19.6. The number of fused-ring (bicyclic) bond motifs is 1. The highest BCUT2D eigenvalue weighted by atomic mass is 15.6. The summed E-state index contributed by atoms with van der Waals surface area (Å²) in [6.45, 7) is 0. The van der Waals surface area contributed by atoms with Crippen molar-refractivity contribution in [2.75, 3.05) is 0 Å². The minimum absolute atomic E-state index is 0.293. The van der Waals surface area contributed by atoms with Gasteiger partial charge in [0.1, 0.15) is 5.54 Å². The van der Waals surface area contributed by atoms with Crippen molar-refractivity contribution in [2.24, 2.45) is 5.10 Å². The van der Waals surface area contributed by atoms with Gasteiger partial charge in [-0.2, -0.15) is 5.10 Å². The van der Waals surface area contributed by atoms with Gasteiger partial charge in [0.25, 0.3) is 0 Å². The Labute approximate surface area is 182 Å². The maximum absolute atomic E-state index is 5.20. The lowest BCUT2D eigenvalue weighted by Crippen LogP contribution is -2.49. The molecule has 2 aliphatic rings. The molecule has 2 heterocycles. The molecule has 4 aromatic rings. The average molecular weight is 399 g/mol. The summed E-state index contributed by atoms with van der Waals surface area (Å²) in [5, 5.41) is 7.47. The van der Waals surface area contributed by atoms with Crippen molar-refractivity contribution in [2.45, 2.75) is 12.0 Å². The Hall–Kier alpha value is -3.91. The maximum Gasteiger partial charge on any atom is 0.121 e. The van der Waals surface area contributed by atoms with E-state index in [0.29, 0.717) is 0 Å². The SMILES string of the molecule is c1ccc(C2=NN3C(c4ccccc4)=C(c4ccccc4)C3(c3ccccc3)C2)cc1. The van der Waals surface area contributed by atoms with Crippen molar-refractivity contribution in [1.29, 1.82) is 0 Å². The minimum atomic E-state index is -0.293. The minimum Gasteiger partial charge on any atom is -0.249 e. The summed E-state index contributed by atoms with van der Waals surface area (Å²) >= 11 is 0. The van der Waals surface area contributed by atoms with E-state index < -0.39 is 0 Å². The van der Waals surface area contributed by atoms with E-state index in [0.717, 1.165) is 12.1 Å². The summed E-state index contributed by atoms with van der Waals surface area (Å²) in [6.07, 6.45) is 0.849. The van der Waals surface area contributed by atoms with Crippen LogP contribution >= 0.6 is 0 Å². The molecule has 2 nitrogen and oxygen atoms in total. The Balaban J connectivity index is 1.61.